The van der Waals surface area contributed by atoms with Gasteiger partial charge >= 0.3 is 0 Å². The number of halogens is 1. The van der Waals surface area contributed by atoms with E-state index in [1.165, 1.54) is 0 Å². The van der Waals surface area contributed by atoms with Crippen molar-refractivity contribution < 1.29 is 4.79 Å². The number of likely N-dealkylation sites (N-methyl/N-ethyl adjacent to an activating group) is 2. The lowest BCUT2D eigenvalue weighted by atomic mass is 10.2. The number of carbonyl (C=O) groups is 1. The van der Waals surface area contributed by atoms with Gasteiger partial charge in [0.15, 0.2) is 0 Å². The number of carbonyl (C=O) groups excluding carboxylic acids is 1. The largest absolute Gasteiger partial charge is 0.365 e. The van der Waals surface area contributed by atoms with Crippen molar-refractivity contribution in [2.45, 2.75) is 13.8 Å². The predicted octanol–water partition coefficient (Wildman–Crippen LogP) is 2.63. The molecule has 19 heavy (non-hydrogen) atoms. The van der Waals surface area contributed by atoms with Crippen LogP contribution in [0.4, 0.5) is 5.69 Å². The van der Waals surface area contributed by atoms with Crippen molar-refractivity contribution in [2.75, 3.05) is 31.6 Å². The van der Waals surface area contributed by atoms with Gasteiger partial charge in [0.05, 0.1) is 12.1 Å². The van der Waals surface area contributed by atoms with Crippen LogP contribution in [0, 0.1) is 11.3 Å². The Morgan fingerprint density at radius 2 is 2.00 bits per heavy atom. The van der Waals surface area contributed by atoms with Crippen molar-refractivity contribution in [2.24, 2.45) is 0 Å². The Hall–Kier alpha value is -1.54. The lowest BCUT2D eigenvalue weighted by molar-refractivity contribution is -0.129. The molecule has 0 aliphatic heterocycles. The zero-order valence-corrected chi connectivity index (χ0v) is 13.1. The molecule has 0 N–H and O–H groups in total. The van der Waals surface area contributed by atoms with Gasteiger partial charge < -0.3 is 9.80 Å². The molecule has 0 bridgehead atoms. The molecule has 1 amide bonds. The van der Waals surface area contributed by atoms with Gasteiger partial charge in [-0.1, -0.05) is 0 Å². The molecular weight excluding hydrogens is 306 g/mol. The number of benzene rings is 1. The first-order valence-corrected chi connectivity index (χ1v) is 7.01. The average Bonchev–Trinajstić information content (AvgIpc) is 2.39. The van der Waals surface area contributed by atoms with E-state index in [1.54, 1.807) is 11.0 Å². The van der Waals surface area contributed by atoms with Gasteiger partial charge in [0.1, 0.15) is 6.07 Å². The van der Waals surface area contributed by atoms with E-state index in [9.17, 15) is 4.79 Å². The van der Waals surface area contributed by atoms with Crippen LogP contribution >= 0.6 is 15.9 Å². The molecule has 0 unspecified atom stereocenters. The third-order valence-electron chi connectivity index (χ3n) is 3.00. The average molecular weight is 324 g/mol. The number of nitriles is 1. The Morgan fingerprint density at radius 3 is 2.47 bits per heavy atom. The first-order valence-electron chi connectivity index (χ1n) is 6.22. The third kappa shape index (κ3) is 3.97. The molecule has 0 fully saturated rings. The van der Waals surface area contributed by atoms with Crippen molar-refractivity contribution in [3.05, 3.63) is 28.2 Å². The summed E-state index contributed by atoms with van der Waals surface area (Å²) in [4.78, 5) is 15.7. The van der Waals surface area contributed by atoms with Gasteiger partial charge in [0.25, 0.3) is 0 Å². The second-order valence-electron chi connectivity index (χ2n) is 4.20. The Bertz CT molecular complexity index is 492. The summed E-state index contributed by atoms with van der Waals surface area (Å²) in [5.41, 5.74) is 1.50. The quantitative estimate of drug-likeness (QED) is 0.836. The lowest BCUT2D eigenvalue weighted by Gasteiger charge is -2.24. The van der Waals surface area contributed by atoms with E-state index >= 15 is 0 Å². The van der Waals surface area contributed by atoms with E-state index in [4.69, 9.17) is 5.26 Å². The van der Waals surface area contributed by atoms with Crippen LogP contribution in [0.15, 0.2) is 22.7 Å². The molecule has 0 saturated carbocycles. The number of hydrogen-bond donors (Lipinski definition) is 0. The minimum atomic E-state index is 0.105. The van der Waals surface area contributed by atoms with Crippen molar-refractivity contribution >= 4 is 27.5 Å². The smallest absolute Gasteiger partial charge is 0.242 e. The van der Waals surface area contributed by atoms with Crippen LogP contribution < -0.4 is 4.90 Å². The minimum Gasteiger partial charge on any atom is -0.365 e. The summed E-state index contributed by atoms with van der Waals surface area (Å²) in [6, 6.07) is 7.55. The van der Waals surface area contributed by atoms with E-state index in [-0.39, 0.29) is 5.91 Å². The molecule has 102 valence electrons. The molecule has 4 nitrogen and oxygen atoms in total. The number of nitrogens with zero attached hydrogens (tertiary/aromatic N) is 3. The molecule has 0 radical (unpaired) electrons. The van der Waals surface area contributed by atoms with Crippen molar-refractivity contribution in [1.29, 1.82) is 5.26 Å². The fourth-order valence-corrected chi connectivity index (χ4v) is 2.26. The second-order valence-corrected chi connectivity index (χ2v) is 5.05. The van der Waals surface area contributed by atoms with E-state index in [0.29, 0.717) is 12.1 Å². The number of hydrogen-bond acceptors (Lipinski definition) is 3. The molecule has 1 aromatic rings. The van der Waals surface area contributed by atoms with Crippen LogP contribution in [0.25, 0.3) is 0 Å². The topological polar surface area (TPSA) is 47.3 Å². The molecule has 0 aliphatic rings. The van der Waals surface area contributed by atoms with Crippen LogP contribution in [-0.4, -0.2) is 37.5 Å². The Labute approximate surface area is 122 Å². The molecule has 1 aromatic carbocycles. The zero-order chi connectivity index (χ0) is 14.4. The van der Waals surface area contributed by atoms with Crippen LogP contribution in [-0.2, 0) is 4.79 Å². The van der Waals surface area contributed by atoms with E-state index in [1.807, 2.05) is 37.9 Å². The zero-order valence-electron chi connectivity index (χ0n) is 11.5. The van der Waals surface area contributed by atoms with E-state index in [0.717, 1.165) is 23.2 Å². The van der Waals surface area contributed by atoms with Gasteiger partial charge in [-0.05, 0) is 48.0 Å². The van der Waals surface area contributed by atoms with E-state index in [2.05, 4.69) is 22.0 Å². The SMILES string of the molecule is CCN(CC)C(=O)CN(C)c1ccc(C#N)c(Br)c1. The maximum Gasteiger partial charge on any atom is 0.242 e. The van der Waals surface area contributed by atoms with Crippen molar-refractivity contribution in [3.8, 4) is 6.07 Å². The lowest BCUT2D eigenvalue weighted by Crippen LogP contribution is -2.38. The van der Waals surface area contributed by atoms with Gasteiger partial charge in [-0.25, -0.2) is 0 Å². The number of anilines is 1. The van der Waals surface area contributed by atoms with Crippen LogP contribution in [0.2, 0.25) is 0 Å². The molecule has 5 heteroatoms. The van der Waals surface area contributed by atoms with Crippen LogP contribution in [0.5, 0.6) is 0 Å². The maximum absolute atomic E-state index is 12.0. The monoisotopic (exact) mass is 323 g/mol. The molecule has 0 aromatic heterocycles. The second kappa shape index (κ2) is 7.15. The van der Waals surface area contributed by atoms with Gasteiger partial charge in [0.2, 0.25) is 5.91 Å². The highest BCUT2D eigenvalue weighted by Gasteiger charge is 2.13. The molecule has 0 spiro atoms. The predicted molar refractivity (Wildman–Crippen MR) is 80.1 cm³/mol. The van der Waals surface area contributed by atoms with Gasteiger partial charge in [-0.3, -0.25) is 4.79 Å². The summed E-state index contributed by atoms with van der Waals surface area (Å²) in [6.45, 7) is 5.72. The van der Waals surface area contributed by atoms with Crippen molar-refractivity contribution in [3.63, 3.8) is 0 Å². The Kier molecular flexibility index (Phi) is 5.84. The number of rotatable bonds is 5. The van der Waals surface area contributed by atoms with Crippen LogP contribution in [0.3, 0.4) is 0 Å². The summed E-state index contributed by atoms with van der Waals surface area (Å²) < 4.78 is 0.745. The normalized spacial score (nSPS) is 9.84. The summed E-state index contributed by atoms with van der Waals surface area (Å²) in [5, 5.41) is 8.88. The fourth-order valence-electron chi connectivity index (χ4n) is 1.80. The van der Waals surface area contributed by atoms with Gasteiger partial charge in [-0.15, -0.1) is 0 Å². The molecule has 0 saturated heterocycles. The first kappa shape index (κ1) is 15.5. The van der Waals surface area contributed by atoms with Crippen LogP contribution in [0.1, 0.15) is 19.4 Å². The fraction of sp³-hybridized carbons (Fsp3) is 0.429. The third-order valence-corrected chi connectivity index (χ3v) is 3.66. The van der Waals surface area contributed by atoms with Gasteiger partial charge in [-0.2, -0.15) is 5.26 Å². The maximum atomic E-state index is 12.0. The highest BCUT2D eigenvalue weighted by atomic mass is 79.9. The minimum absolute atomic E-state index is 0.105. The molecule has 0 aliphatic carbocycles. The highest BCUT2D eigenvalue weighted by Crippen LogP contribution is 2.23. The molecule has 1 rings (SSSR count). The van der Waals surface area contributed by atoms with Gasteiger partial charge in [0, 0.05) is 30.3 Å². The summed E-state index contributed by atoms with van der Waals surface area (Å²) >= 11 is 3.35. The molecule has 0 atom stereocenters. The number of amides is 1. The summed E-state index contributed by atoms with van der Waals surface area (Å²) in [7, 11) is 1.87. The standard InChI is InChI=1S/C14H18BrN3O/c1-4-18(5-2)14(19)10-17(3)12-7-6-11(9-16)13(15)8-12/h6-8H,4-5,10H2,1-3H3. The first-order chi connectivity index (χ1) is 9.03. The summed E-state index contributed by atoms with van der Waals surface area (Å²) in [6.07, 6.45) is 0. The molecular formula is C14H18BrN3O. The molecule has 0 heterocycles. The highest BCUT2D eigenvalue weighted by molar-refractivity contribution is 9.10. The Morgan fingerprint density at radius 1 is 1.37 bits per heavy atom. The van der Waals surface area contributed by atoms with Crippen molar-refractivity contribution in [1.82, 2.24) is 4.90 Å². The Balaban J connectivity index is 2.79. The summed E-state index contributed by atoms with van der Waals surface area (Å²) in [5.74, 6) is 0.105. The van der Waals surface area contributed by atoms with E-state index < -0.39 is 0 Å².